The van der Waals surface area contributed by atoms with E-state index in [1.807, 2.05) is 0 Å². The van der Waals surface area contributed by atoms with E-state index in [1.54, 1.807) is 0 Å². The second-order valence-electron chi connectivity index (χ2n) is 0.331. The van der Waals surface area contributed by atoms with Crippen molar-refractivity contribution in [1.82, 2.24) is 0 Å². The molecular weight excluding hydrogens is 241 g/mol. The molecule has 0 amide bonds. The molecule has 0 radical (unpaired) electrons. The van der Waals surface area contributed by atoms with Crippen LogP contribution in [0.5, 0.6) is 0 Å². The molecule has 0 unspecified atom stereocenters. The SMILES string of the molecule is O.O=[NH+][O-].[Cl][Al]([Cl])[Cl].[NaH].[NaH]. The Morgan fingerprint density at radius 3 is 1.20 bits per heavy atom. The van der Waals surface area contributed by atoms with Crippen LogP contribution in [0.15, 0.2) is 0 Å². The van der Waals surface area contributed by atoms with Crippen LogP contribution in [0.1, 0.15) is 0 Å². The molecule has 54 valence electrons. The molecule has 0 heterocycles. The van der Waals surface area contributed by atoms with E-state index in [1.165, 1.54) is 0 Å². The van der Waals surface area contributed by atoms with Crippen molar-refractivity contribution in [3.63, 3.8) is 0 Å². The summed E-state index contributed by atoms with van der Waals surface area (Å²) in [5.74, 6) is 0. The van der Waals surface area contributed by atoms with E-state index in [9.17, 15) is 0 Å². The summed E-state index contributed by atoms with van der Waals surface area (Å²) in [6, 6.07) is 0. The Kier molecular flexibility index (Phi) is 87.3. The Hall–Kier alpha value is 2.76. The molecule has 0 saturated heterocycles. The summed E-state index contributed by atoms with van der Waals surface area (Å²) in [6.07, 6.45) is 0. The van der Waals surface area contributed by atoms with Crippen LogP contribution >= 0.6 is 30.1 Å². The molecular formula is H5AlCl3NNa2O3. The van der Waals surface area contributed by atoms with E-state index in [0.717, 1.165) is 0 Å². The Bertz CT molecular complexity index is 46.0. The van der Waals surface area contributed by atoms with Gasteiger partial charge in [0.25, 0.3) is 0 Å². The number of hydrogen-bond donors (Lipinski definition) is 1. The first-order chi connectivity index (χ1) is 3.15. The average molecular weight is 246 g/mol. The fraction of sp³-hybridized carbons (Fsp3) is 0. The van der Waals surface area contributed by atoms with Crippen molar-refractivity contribution in [2.45, 2.75) is 0 Å². The standard InChI is InChI=1S/Al.3ClH.HNO2.2Na.H2O.2H/c;;;;2-1-3;;;;;/h;3*1H;1H;;;1H2;;/q+3;;;;;;;;;/p-3. The minimum atomic E-state index is -1.72. The number of rotatable bonds is 0. The maximum absolute atomic E-state index is 8.12. The molecule has 4 nitrogen and oxygen atoms in total. The van der Waals surface area contributed by atoms with Crippen molar-refractivity contribution >= 4 is 101 Å². The summed E-state index contributed by atoms with van der Waals surface area (Å²) in [5, 5.41) is 8.38. The van der Waals surface area contributed by atoms with Gasteiger partial charge in [-0.05, 0) is 0 Å². The molecule has 0 fully saturated rings. The minimum absolute atomic E-state index is 0. The first-order valence-electron chi connectivity index (χ1n) is 1.06. The topological polar surface area (TPSA) is 85.6 Å². The summed E-state index contributed by atoms with van der Waals surface area (Å²) in [4.78, 5) is 8.12. The van der Waals surface area contributed by atoms with E-state index >= 15 is 0 Å². The Morgan fingerprint density at radius 2 is 1.20 bits per heavy atom. The Labute approximate surface area is 119 Å². The second kappa shape index (κ2) is 29.8. The molecule has 10 heavy (non-hydrogen) atoms. The zero-order valence-corrected chi connectivity index (χ0v) is 6.95. The number of hydrogen-bond acceptors (Lipinski definition) is 2. The predicted molar refractivity (Wildman–Crippen MR) is 48.9 cm³/mol. The molecule has 0 aliphatic rings. The van der Waals surface area contributed by atoms with E-state index in [0.29, 0.717) is 0 Å². The van der Waals surface area contributed by atoms with Gasteiger partial charge in [0, 0.05) is 5.34 Å². The molecule has 0 rings (SSSR count). The quantitative estimate of drug-likeness (QED) is 0.301. The van der Waals surface area contributed by atoms with Crippen LogP contribution in [0.3, 0.4) is 0 Å². The van der Waals surface area contributed by atoms with Crippen molar-refractivity contribution < 1.29 is 10.8 Å². The fourth-order valence-corrected chi connectivity index (χ4v) is 0. The van der Waals surface area contributed by atoms with Crippen molar-refractivity contribution in [3.8, 4) is 0 Å². The molecule has 0 aromatic carbocycles. The van der Waals surface area contributed by atoms with Gasteiger partial charge in [-0.25, -0.2) is 30.1 Å². The van der Waals surface area contributed by atoms with Crippen LogP contribution in [0.4, 0.5) is 0 Å². The molecule has 0 spiro atoms. The van der Waals surface area contributed by atoms with E-state index in [-0.39, 0.29) is 69.9 Å². The third kappa shape index (κ3) is 134. The molecule has 0 atom stereocenters. The van der Waals surface area contributed by atoms with Gasteiger partial charge in [0.1, 0.15) is 0 Å². The molecule has 0 aliphatic heterocycles. The van der Waals surface area contributed by atoms with Crippen LogP contribution in [-0.4, -0.2) is 76.0 Å². The van der Waals surface area contributed by atoms with Crippen LogP contribution in [0, 0.1) is 10.1 Å². The zero-order chi connectivity index (χ0) is 6.28. The monoisotopic (exact) mass is 245 g/mol. The van der Waals surface area contributed by atoms with Gasteiger partial charge in [0.05, 0.1) is 0 Å². The van der Waals surface area contributed by atoms with Gasteiger partial charge < -0.3 is 5.48 Å². The summed E-state index contributed by atoms with van der Waals surface area (Å²) in [5.41, 5.74) is 0. The van der Waals surface area contributed by atoms with Gasteiger partial charge in [0.2, 0.25) is 0 Å². The number of halogens is 3. The molecule has 0 aliphatic carbocycles. The van der Waals surface area contributed by atoms with Crippen molar-refractivity contribution in [2.24, 2.45) is 0 Å². The van der Waals surface area contributed by atoms with E-state index < -0.39 is 11.4 Å². The molecule has 0 aromatic rings. The molecule has 10 heteroatoms. The average Bonchev–Trinajstić information content (AvgIpc) is 1.33. The first kappa shape index (κ1) is 29.3. The van der Waals surface area contributed by atoms with Gasteiger partial charge in [-0.3, -0.25) is 10.1 Å². The van der Waals surface area contributed by atoms with Crippen molar-refractivity contribution in [2.75, 3.05) is 0 Å². The Balaban J connectivity index is -0.0000000131. The van der Waals surface area contributed by atoms with Gasteiger partial charge in [-0.1, -0.05) is 0 Å². The molecule has 0 saturated carbocycles. The van der Waals surface area contributed by atoms with Crippen LogP contribution in [0.25, 0.3) is 0 Å². The summed E-state index contributed by atoms with van der Waals surface area (Å²) < 4.78 is 0. The number of nitrogens with one attached hydrogen (secondary N) is 1. The maximum atomic E-state index is 8.12. The van der Waals surface area contributed by atoms with E-state index in [2.05, 4.69) is 0 Å². The summed E-state index contributed by atoms with van der Waals surface area (Å²) >= 11 is -1.72. The van der Waals surface area contributed by atoms with Crippen LogP contribution < -0.4 is 5.34 Å². The normalized spacial score (nSPS) is 3.90. The van der Waals surface area contributed by atoms with Gasteiger partial charge >= 0.3 is 70.5 Å². The fourth-order valence-electron chi connectivity index (χ4n) is 0. The second-order valence-corrected chi connectivity index (χ2v) is 6.76. The first-order valence-corrected chi connectivity index (χ1v) is 6.30. The van der Waals surface area contributed by atoms with Crippen molar-refractivity contribution in [1.29, 1.82) is 0 Å². The third-order valence-electron chi connectivity index (χ3n) is 0. The van der Waals surface area contributed by atoms with Crippen molar-refractivity contribution in [3.05, 3.63) is 10.1 Å². The Morgan fingerprint density at radius 1 is 1.20 bits per heavy atom. The molecule has 3 N–H and O–H groups in total. The van der Waals surface area contributed by atoms with Gasteiger partial charge in [-0.15, -0.1) is 0 Å². The summed E-state index contributed by atoms with van der Waals surface area (Å²) in [6.45, 7) is 0. The predicted octanol–water partition coefficient (Wildman–Crippen LogP) is -2.10. The summed E-state index contributed by atoms with van der Waals surface area (Å²) in [7, 11) is 14.8. The molecule has 0 bridgehead atoms. The van der Waals surface area contributed by atoms with Gasteiger partial charge in [0.15, 0.2) is 0 Å². The van der Waals surface area contributed by atoms with E-state index in [4.69, 9.17) is 40.3 Å². The van der Waals surface area contributed by atoms with Crippen LogP contribution in [-0.2, 0) is 0 Å². The third-order valence-corrected chi connectivity index (χ3v) is 0. The van der Waals surface area contributed by atoms with Gasteiger partial charge in [-0.2, -0.15) is 0 Å². The van der Waals surface area contributed by atoms with Crippen LogP contribution in [0.2, 0.25) is 0 Å². The zero-order valence-electron chi connectivity index (χ0n) is 3.53. The molecule has 0 aromatic heterocycles.